The number of imidazole rings is 1. The predicted octanol–water partition coefficient (Wildman–Crippen LogP) is 3.13. The number of rotatable bonds is 5. The van der Waals surface area contributed by atoms with Crippen molar-refractivity contribution in [2.75, 3.05) is 50.8 Å². The molecule has 2 unspecified atom stereocenters. The number of nitrogens with zero attached hydrogens (tertiary/aromatic N) is 6. The second kappa shape index (κ2) is 9.64. The van der Waals surface area contributed by atoms with Gasteiger partial charge in [-0.3, -0.25) is 19.2 Å². The van der Waals surface area contributed by atoms with Gasteiger partial charge < -0.3 is 10.0 Å². The average molecular weight is 461 g/mol. The van der Waals surface area contributed by atoms with E-state index in [1.165, 1.54) is 42.8 Å². The summed E-state index contributed by atoms with van der Waals surface area (Å²) in [6.07, 6.45) is 10.4. The van der Waals surface area contributed by atoms with Crippen LogP contribution in [-0.4, -0.2) is 75.2 Å². The van der Waals surface area contributed by atoms with Crippen LogP contribution in [0.1, 0.15) is 48.7 Å². The van der Waals surface area contributed by atoms with Gasteiger partial charge >= 0.3 is 0 Å². The maximum Gasteiger partial charge on any atom is 0.138 e. The van der Waals surface area contributed by atoms with Gasteiger partial charge in [-0.15, -0.1) is 0 Å². The van der Waals surface area contributed by atoms with Gasteiger partial charge in [-0.05, 0) is 74.9 Å². The number of β-amino-alcohol motifs (C(OH)–C–C–N with tert-alkyl or cyclic N) is 1. The van der Waals surface area contributed by atoms with Gasteiger partial charge in [0.1, 0.15) is 11.5 Å². The molecule has 180 valence electrons. The minimum absolute atomic E-state index is 0.235. The van der Waals surface area contributed by atoms with E-state index in [4.69, 9.17) is 9.97 Å². The number of hydrogen-bond donors (Lipinski definition) is 1. The Morgan fingerprint density at radius 1 is 0.971 bits per heavy atom. The number of pyridine rings is 2. The first-order valence-corrected chi connectivity index (χ1v) is 13.0. The van der Waals surface area contributed by atoms with Crippen molar-refractivity contribution in [1.29, 1.82) is 0 Å². The molecule has 0 saturated carbocycles. The standard InChI is InChI=1S/C27H36N6O/c34-18-17-30-12-4-14-31(16-15-30)25-8-1-7-24-29-23(20-33(24)25)19-32-13-3-6-22-10-9-21-5-2-11-28-26(21)27(22)32/h1-2,5,7-8,11,20,22,27,34H,3-4,6,9-10,12-19H2. The number of hydrogen-bond acceptors (Lipinski definition) is 6. The first-order chi connectivity index (χ1) is 16.8. The fourth-order valence-electron chi connectivity index (χ4n) is 6.45. The highest BCUT2D eigenvalue weighted by molar-refractivity contribution is 5.52. The van der Waals surface area contributed by atoms with Gasteiger partial charge in [0.15, 0.2) is 0 Å². The summed E-state index contributed by atoms with van der Waals surface area (Å²) in [4.78, 5) is 17.4. The summed E-state index contributed by atoms with van der Waals surface area (Å²) >= 11 is 0. The maximum absolute atomic E-state index is 9.32. The van der Waals surface area contributed by atoms with Crippen LogP contribution in [0.5, 0.6) is 0 Å². The number of aryl methyl sites for hydroxylation is 1. The molecule has 1 N–H and O–H groups in total. The van der Waals surface area contributed by atoms with Crippen LogP contribution in [0.15, 0.2) is 42.7 Å². The molecule has 3 aliphatic rings. The van der Waals surface area contributed by atoms with E-state index < -0.39 is 0 Å². The summed E-state index contributed by atoms with van der Waals surface area (Å²) in [5.41, 5.74) is 4.91. The molecule has 3 aromatic heterocycles. The van der Waals surface area contributed by atoms with Crippen molar-refractivity contribution in [1.82, 2.24) is 24.2 Å². The number of aromatic nitrogens is 3. The summed E-state index contributed by atoms with van der Waals surface area (Å²) in [7, 11) is 0. The first kappa shape index (κ1) is 22.0. The van der Waals surface area contributed by atoms with E-state index in [2.05, 4.69) is 55.6 Å². The third-order valence-electron chi connectivity index (χ3n) is 8.07. The summed E-state index contributed by atoms with van der Waals surface area (Å²) in [5.74, 6) is 1.94. The van der Waals surface area contributed by atoms with E-state index in [1.807, 2.05) is 6.20 Å². The summed E-state index contributed by atoms with van der Waals surface area (Å²) in [6, 6.07) is 11.3. The zero-order valence-electron chi connectivity index (χ0n) is 20.0. The van der Waals surface area contributed by atoms with Crippen LogP contribution in [0.4, 0.5) is 5.82 Å². The summed E-state index contributed by atoms with van der Waals surface area (Å²) in [5, 5.41) is 9.32. The van der Waals surface area contributed by atoms with Crippen LogP contribution < -0.4 is 4.90 Å². The fourth-order valence-corrected chi connectivity index (χ4v) is 6.45. The smallest absolute Gasteiger partial charge is 0.138 e. The van der Waals surface area contributed by atoms with Crippen molar-refractivity contribution in [3.05, 3.63) is 59.7 Å². The Hall–Kier alpha value is -2.48. The Bertz CT molecular complexity index is 1130. The van der Waals surface area contributed by atoms with Crippen LogP contribution in [0, 0.1) is 5.92 Å². The average Bonchev–Trinajstić information content (AvgIpc) is 3.14. The molecule has 3 aromatic rings. The van der Waals surface area contributed by atoms with E-state index in [0.29, 0.717) is 12.0 Å². The molecule has 0 amide bonds. The summed E-state index contributed by atoms with van der Waals surface area (Å²) < 4.78 is 2.28. The Kier molecular flexibility index (Phi) is 6.24. The van der Waals surface area contributed by atoms with Crippen molar-refractivity contribution in [2.24, 2.45) is 5.92 Å². The molecule has 2 aliphatic heterocycles. The van der Waals surface area contributed by atoms with E-state index in [9.17, 15) is 5.11 Å². The molecule has 1 aliphatic carbocycles. The first-order valence-electron chi connectivity index (χ1n) is 13.0. The van der Waals surface area contributed by atoms with Crippen molar-refractivity contribution >= 4 is 11.5 Å². The molecule has 6 rings (SSSR count). The third-order valence-corrected chi connectivity index (χ3v) is 8.07. The van der Waals surface area contributed by atoms with Crippen molar-refractivity contribution in [3.8, 4) is 0 Å². The van der Waals surface area contributed by atoms with Gasteiger partial charge in [0.05, 0.1) is 24.0 Å². The molecule has 2 atom stereocenters. The molecule has 0 bridgehead atoms. The van der Waals surface area contributed by atoms with Crippen LogP contribution in [-0.2, 0) is 13.0 Å². The van der Waals surface area contributed by atoms with Crippen LogP contribution in [0.25, 0.3) is 5.65 Å². The molecular formula is C27H36N6O. The Morgan fingerprint density at radius 2 is 1.94 bits per heavy atom. The summed E-state index contributed by atoms with van der Waals surface area (Å²) in [6.45, 7) is 7.05. The van der Waals surface area contributed by atoms with Gasteiger partial charge in [0.25, 0.3) is 0 Å². The van der Waals surface area contributed by atoms with Crippen LogP contribution in [0.2, 0.25) is 0 Å². The fraction of sp³-hybridized carbons (Fsp3) is 0.556. The number of piperidine rings is 1. The van der Waals surface area contributed by atoms with E-state index in [0.717, 1.165) is 63.6 Å². The molecule has 7 heteroatoms. The number of aliphatic hydroxyl groups excluding tert-OH is 1. The highest BCUT2D eigenvalue weighted by Gasteiger charge is 2.37. The Balaban J connectivity index is 1.25. The van der Waals surface area contributed by atoms with Crippen molar-refractivity contribution in [2.45, 2.75) is 44.7 Å². The monoisotopic (exact) mass is 460 g/mol. The highest BCUT2D eigenvalue weighted by atomic mass is 16.3. The van der Waals surface area contributed by atoms with Gasteiger partial charge in [-0.2, -0.15) is 0 Å². The molecule has 34 heavy (non-hydrogen) atoms. The van der Waals surface area contributed by atoms with Crippen molar-refractivity contribution < 1.29 is 5.11 Å². The molecule has 5 heterocycles. The molecule has 0 spiro atoms. The molecule has 0 radical (unpaired) electrons. The highest BCUT2D eigenvalue weighted by Crippen LogP contribution is 2.43. The lowest BCUT2D eigenvalue weighted by Gasteiger charge is -2.44. The maximum atomic E-state index is 9.32. The molecular weight excluding hydrogens is 424 g/mol. The van der Waals surface area contributed by atoms with Gasteiger partial charge in [0, 0.05) is 45.1 Å². The second-order valence-corrected chi connectivity index (χ2v) is 10.2. The lowest BCUT2D eigenvalue weighted by Crippen LogP contribution is -2.41. The zero-order chi connectivity index (χ0) is 22.9. The number of aliphatic hydroxyl groups is 1. The third kappa shape index (κ3) is 4.21. The van der Waals surface area contributed by atoms with Gasteiger partial charge in [-0.1, -0.05) is 12.1 Å². The lowest BCUT2D eigenvalue weighted by atomic mass is 9.77. The number of anilines is 1. The number of likely N-dealkylation sites (tertiary alicyclic amines) is 1. The van der Waals surface area contributed by atoms with Gasteiger partial charge in [0.2, 0.25) is 0 Å². The number of fused-ring (bicyclic) bond motifs is 4. The molecule has 7 nitrogen and oxygen atoms in total. The minimum Gasteiger partial charge on any atom is -0.395 e. The Labute approximate surface area is 202 Å². The van der Waals surface area contributed by atoms with E-state index >= 15 is 0 Å². The van der Waals surface area contributed by atoms with Gasteiger partial charge in [-0.25, -0.2) is 4.98 Å². The SMILES string of the molecule is OCCN1CCCN(c2cccc3nc(CN4CCCC5CCc6cccnc6C54)cn23)CC1. The largest absolute Gasteiger partial charge is 0.395 e. The quantitative estimate of drug-likeness (QED) is 0.631. The second-order valence-electron chi connectivity index (χ2n) is 10.2. The molecule has 0 aromatic carbocycles. The molecule has 2 saturated heterocycles. The molecule has 2 fully saturated rings. The lowest BCUT2D eigenvalue weighted by molar-refractivity contribution is 0.0687. The topological polar surface area (TPSA) is 60.1 Å². The Morgan fingerprint density at radius 3 is 2.88 bits per heavy atom. The predicted molar refractivity (Wildman–Crippen MR) is 134 cm³/mol. The van der Waals surface area contributed by atoms with Crippen molar-refractivity contribution in [3.63, 3.8) is 0 Å². The normalized spacial score (nSPS) is 24.1. The van der Waals surface area contributed by atoms with Crippen LogP contribution in [0.3, 0.4) is 0 Å². The van der Waals surface area contributed by atoms with E-state index in [-0.39, 0.29) is 6.61 Å². The van der Waals surface area contributed by atoms with Crippen LogP contribution >= 0.6 is 0 Å². The van der Waals surface area contributed by atoms with E-state index in [1.54, 1.807) is 0 Å². The zero-order valence-corrected chi connectivity index (χ0v) is 20.0. The minimum atomic E-state index is 0.235.